The van der Waals surface area contributed by atoms with Crippen molar-refractivity contribution in [3.63, 3.8) is 0 Å². The first-order chi connectivity index (χ1) is 10.1. The molecule has 0 saturated heterocycles. The number of carbonyl (C=O) groups is 1. The summed E-state index contributed by atoms with van der Waals surface area (Å²) in [4.78, 5) is 14.0. The van der Waals surface area contributed by atoms with Gasteiger partial charge in [0.2, 0.25) is 0 Å². The molecule has 0 aliphatic carbocycles. The van der Waals surface area contributed by atoms with Crippen LogP contribution in [0.3, 0.4) is 0 Å². The summed E-state index contributed by atoms with van der Waals surface area (Å²) in [6.45, 7) is 0.860. The van der Waals surface area contributed by atoms with Crippen LogP contribution in [-0.4, -0.2) is 31.4 Å². The zero-order chi connectivity index (χ0) is 15.2. The molecule has 0 aliphatic rings. The van der Waals surface area contributed by atoms with E-state index in [2.05, 4.69) is 0 Å². The van der Waals surface area contributed by atoms with Crippen molar-refractivity contribution < 1.29 is 13.9 Å². The number of hydrogen-bond acceptors (Lipinski definition) is 3. The minimum atomic E-state index is -0.392. The lowest BCUT2D eigenvalue weighted by Gasteiger charge is -2.16. The van der Waals surface area contributed by atoms with E-state index in [1.807, 2.05) is 36.2 Å². The van der Waals surface area contributed by atoms with E-state index in [1.165, 1.54) is 12.1 Å². The number of ketones is 1. The molecule has 2 aromatic rings. The van der Waals surface area contributed by atoms with Gasteiger partial charge < -0.3 is 4.74 Å². The first-order valence-corrected chi connectivity index (χ1v) is 6.68. The van der Waals surface area contributed by atoms with Crippen LogP contribution in [0.1, 0.15) is 15.9 Å². The largest absolute Gasteiger partial charge is 0.497 e. The predicted octanol–water partition coefficient (Wildman–Crippen LogP) is 3.15. The van der Waals surface area contributed by atoms with Gasteiger partial charge in [-0.25, -0.2) is 4.39 Å². The van der Waals surface area contributed by atoms with Crippen molar-refractivity contribution in [3.05, 3.63) is 65.5 Å². The Morgan fingerprint density at radius 1 is 1.19 bits per heavy atom. The average Bonchev–Trinajstić information content (AvgIpc) is 2.47. The minimum Gasteiger partial charge on any atom is -0.497 e. The van der Waals surface area contributed by atoms with Crippen LogP contribution < -0.4 is 4.74 Å². The average molecular weight is 287 g/mol. The van der Waals surface area contributed by atoms with Crippen molar-refractivity contribution in [1.29, 1.82) is 0 Å². The summed E-state index contributed by atoms with van der Waals surface area (Å²) < 4.78 is 18.3. The Hall–Kier alpha value is -2.20. The summed E-state index contributed by atoms with van der Waals surface area (Å²) in [6.07, 6.45) is 0. The Labute approximate surface area is 124 Å². The molecule has 2 rings (SSSR count). The second kappa shape index (κ2) is 6.99. The molecule has 0 saturated carbocycles. The second-order valence-electron chi connectivity index (χ2n) is 4.96. The van der Waals surface area contributed by atoms with Crippen molar-refractivity contribution in [2.45, 2.75) is 6.54 Å². The van der Waals surface area contributed by atoms with Crippen LogP contribution in [0.4, 0.5) is 4.39 Å². The molecule has 0 fully saturated rings. The number of ether oxygens (including phenoxy) is 1. The first kappa shape index (κ1) is 15.2. The molecule has 0 unspecified atom stereocenters. The summed E-state index contributed by atoms with van der Waals surface area (Å²) in [5.74, 6) is 0.300. The van der Waals surface area contributed by atoms with E-state index in [1.54, 1.807) is 19.2 Å². The third-order valence-corrected chi connectivity index (χ3v) is 3.15. The molecule has 2 aromatic carbocycles. The van der Waals surface area contributed by atoms with Crippen LogP contribution in [0.25, 0.3) is 0 Å². The Balaban J connectivity index is 1.97. The lowest BCUT2D eigenvalue weighted by molar-refractivity contribution is 0.0942. The first-order valence-electron chi connectivity index (χ1n) is 6.68. The number of rotatable bonds is 6. The molecule has 0 spiro atoms. The van der Waals surface area contributed by atoms with Crippen LogP contribution in [0.15, 0.2) is 48.5 Å². The van der Waals surface area contributed by atoms with Crippen molar-refractivity contribution >= 4 is 5.78 Å². The summed E-state index contributed by atoms with van der Waals surface area (Å²) in [7, 11) is 3.48. The molecule has 0 bridgehead atoms. The van der Waals surface area contributed by atoms with E-state index in [-0.39, 0.29) is 12.3 Å². The third kappa shape index (κ3) is 4.39. The Morgan fingerprint density at radius 2 is 1.95 bits per heavy atom. The fourth-order valence-corrected chi connectivity index (χ4v) is 2.14. The van der Waals surface area contributed by atoms with Crippen molar-refractivity contribution in [1.82, 2.24) is 4.90 Å². The predicted molar refractivity (Wildman–Crippen MR) is 80.1 cm³/mol. The van der Waals surface area contributed by atoms with Crippen molar-refractivity contribution in [3.8, 4) is 5.75 Å². The number of halogens is 1. The lowest BCUT2D eigenvalue weighted by Crippen LogP contribution is -2.25. The SMILES string of the molecule is COc1cccc(CN(C)CC(=O)c2cccc(F)c2)c1. The Morgan fingerprint density at radius 3 is 2.67 bits per heavy atom. The molecular weight excluding hydrogens is 269 g/mol. The van der Waals surface area contributed by atoms with Gasteiger partial charge >= 0.3 is 0 Å². The van der Waals surface area contributed by atoms with Crippen LogP contribution in [-0.2, 0) is 6.54 Å². The van der Waals surface area contributed by atoms with E-state index >= 15 is 0 Å². The van der Waals surface area contributed by atoms with Gasteiger partial charge in [0.15, 0.2) is 5.78 Å². The van der Waals surface area contributed by atoms with Gasteiger partial charge in [-0.1, -0.05) is 24.3 Å². The topological polar surface area (TPSA) is 29.5 Å². The zero-order valence-electron chi connectivity index (χ0n) is 12.2. The van der Waals surface area contributed by atoms with E-state index in [9.17, 15) is 9.18 Å². The maximum absolute atomic E-state index is 13.1. The number of carbonyl (C=O) groups excluding carboxylic acids is 1. The van der Waals surface area contributed by atoms with E-state index in [4.69, 9.17) is 4.74 Å². The van der Waals surface area contributed by atoms with Gasteiger partial charge in [0, 0.05) is 12.1 Å². The van der Waals surface area contributed by atoms with Crippen LogP contribution in [0.5, 0.6) is 5.75 Å². The summed E-state index contributed by atoms with van der Waals surface area (Å²) in [5.41, 5.74) is 1.45. The molecule has 4 heteroatoms. The lowest BCUT2D eigenvalue weighted by atomic mass is 10.1. The summed E-state index contributed by atoms with van der Waals surface area (Å²) >= 11 is 0. The number of hydrogen-bond donors (Lipinski definition) is 0. The summed E-state index contributed by atoms with van der Waals surface area (Å²) in [6, 6.07) is 13.5. The molecule has 0 aromatic heterocycles. The van der Waals surface area contributed by atoms with Crippen molar-refractivity contribution in [2.24, 2.45) is 0 Å². The standard InChI is InChI=1S/C17H18FNO2/c1-19(11-13-5-3-8-16(9-13)21-2)12-17(20)14-6-4-7-15(18)10-14/h3-10H,11-12H2,1-2H3. The molecule has 0 aliphatic heterocycles. The molecule has 0 atom stereocenters. The van der Waals surface area contributed by atoms with E-state index in [0.29, 0.717) is 12.1 Å². The molecule has 110 valence electrons. The van der Waals surface area contributed by atoms with Gasteiger partial charge in [-0.15, -0.1) is 0 Å². The molecule has 0 radical (unpaired) electrons. The number of likely N-dealkylation sites (N-methyl/N-ethyl adjacent to an activating group) is 1. The monoisotopic (exact) mass is 287 g/mol. The molecule has 0 amide bonds. The fraction of sp³-hybridized carbons (Fsp3) is 0.235. The van der Waals surface area contributed by atoms with Gasteiger partial charge in [-0.3, -0.25) is 9.69 Å². The van der Waals surface area contributed by atoms with E-state index in [0.717, 1.165) is 11.3 Å². The van der Waals surface area contributed by atoms with Crippen LogP contribution in [0.2, 0.25) is 0 Å². The smallest absolute Gasteiger partial charge is 0.176 e. The maximum Gasteiger partial charge on any atom is 0.176 e. The highest BCUT2D eigenvalue weighted by Crippen LogP contribution is 2.14. The van der Waals surface area contributed by atoms with Crippen LogP contribution >= 0.6 is 0 Å². The molecule has 21 heavy (non-hydrogen) atoms. The molecule has 0 heterocycles. The maximum atomic E-state index is 13.1. The van der Waals surface area contributed by atoms with Gasteiger partial charge in [-0.05, 0) is 36.9 Å². The highest BCUT2D eigenvalue weighted by atomic mass is 19.1. The van der Waals surface area contributed by atoms with Gasteiger partial charge in [0.25, 0.3) is 0 Å². The zero-order valence-corrected chi connectivity index (χ0v) is 12.2. The van der Waals surface area contributed by atoms with Crippen LogP contribution in [0, 0.1) is 5.82 Å². The number of benzene rings is 2. The highest BCUT2D eigenvalue weighted by molar-refractivity contribution is 5.97. The minimum absolute atomic E-state index is 0.0973. The fourth-order valence-electron chi connectivity index (χ4n) is 2.14. The normalized spacial score (nSPS) is 10.7. The van der Waals surface area contributed by atoms with Gasteiger partial charge in [0.05, 0.1) is 13.7 Å². The second-order valence-corrected chi connectivity index (χ2v) is 4.96. The molecular formula is C17H18FNO2. The number of methoxy groups -OCH3 is 1. The molecule has 0 N–H and O–H groups in total. The third-order valence-electron chi connectivity index (χ3n) is 3.15. The quantitative estimate of drug-likeness (QED) is 0.764. The highest BCUT2D eigenvalue weighted by Gasteiger charge is 2.10. The van der Waals surface area contributed by atoms with Gasteiger partial charge in [-0.2, -0.15) is 0 Å². The number of nitrogens with zero attached hydrogens (tertiary/aromatic N) is 1. The van der Waals surface area contributed by atoms with Crippen molar-refractivity contribution in [2.75, 3.05) is 20.7 Å². The summed E-state index contributed by atoms with van der Waals surface area (Å²) in [5, 5.41) is 0. The number of Topliss-reactive ketones (excluding diaryl/α,β-unsaturated/α-hetero) is 1. The Bertz CT molecular complexity index is 628. The van der Waals surface area contributed by atoms with Gasteiger partial charge in [0.1, 0.15) is 11.6 Å². The molecule has 3 nitrogen and oxygen atoms in total. The van der Waals surface area contributed by atoms with E-state index < -0.39 is 5.82 Å². The Kier molecular flexibility index (Phi) is 5.06.